The van der Waals surface area contributed by atoms with Gasteiger partial charge in [-0.05, 0) is 40.6 Å². The summed E-state index contributed by atoms with van der Waals surface area (Å²) < 4.78 is 6.61. The van der Waals surface area contributed by atoms with Gasteiger partial charge in [-0.3, -0.25) is 4.79 Å². The number of aromatic nitrogens is 4. The Hall–Kier alpha value is -3.55. The number of amides is 1. The van der Waals surface area contributed by atoms with Crippen molar-refractivity contribution >= 4 is 17.6 Å². The first kappa shape index (κ1) is 15.9. The van der Waals surface area contributed by atoms with Crippen LogP contribution in [0.4, 0.5) is 5.69 Å². The molecule has 1 aromatic heterocycles. The van der Waals surface area contributed by atoms with E-state index in [-0.39, 0.29) is 18.1 Å². The second kappa shape index (κ2) is 6.75. The molecule has 8 nitrogen and oxygen atoms in total. The van der Waals surface area contributed by atoms with Crippen LogP contribution in [-0.4, -0.2) is 45.2 Å². The molecule has 0 spiro atoms. The summed E-state index contributed by atoms with van der Waals surface area (Å²) in [5, 5.41) is 10.9. The van der Waals surface area contributed by atoms with E-state index in [0.717, 1.165) is 17.7 Å². The molecule has 0 bridgehead atoms. The quantitative estimate of drug-likeness (QED) is 0.662. The summed E-state index contributed by atoms with van der Waals surface area (Å²) in [5.41, 5.74) is 2.77. The Kier molecular flexibility index (Phi) is 4.14. The van der Waals surface area contributed by atoms with Crippen molar-refractivity contribution in [2.24, 2.45) is 0 Å². The molecule has 2 aromatic carbocycles. The van der Waals surface area contributed by atoms with E-state index < -0.39 is 5.97 Å². The molecule has 0 aliphatic carbocycles. The molecular formula is C18H15N5O3. The minimum atomic E-state index is -0.600. The van der Waals surface area contributed by atoms with Crippen molar-refractivity contribution in [2.75, 3.05) is 18.1 Å². The van der Waals surface area contributed by atoms with E-state index in [1.807, 2.05) is 24.3 Å². The van der Waals surface area contributed by atoms with E-state index in [1.165, 1.54) is 11.0 Å². The second-order valence-corrected chi connectivity index (χ2v) is 5.77. The summed E-state index contributed by atoms with van der Waals surface area (Å²) in [7, 11) is 0. The number of nitrogens with zero attached hydrogens (tertiary/aromatic N) is 5. The predicted octanol–water partition coefficient (Wildman–Crippen LogP) is 1.41. The standard InChI is InChI=1S/C18H15N5O3/c24-17(22-10-9-13-5-1-3-7-15(13)22)11-26-18(25)14-6-2-4-8-16(14)23-12-19-20-21-23/h1-8,12H,9-11H2. The van der Waals surface area contributed by atoms with E-state index in [0.29, 0.717) is 12.2 Å². The monoisotopic (exact) mass is 349 g/mol. The highest BCUT2D eigenvalue weighted by atomic mass is 16.5. The molecule has 8 heteroatoms. The number of hydrogen-bond acceptors (Lipinski definition) is 6. The summed E-state index contributed by atoms with van der Waals surface area (Å²) in [6, 6.07) is 14.5. The van der Waals surface area contributed by atoms with Crippen molar-refractivity contribution in [1.29, 1.82) is 0 Å². The summed E-state index contributed by atoms with van der Waals surface area (Å²) in [4.78, 5) is 26.6. The molecule has 26 heavy (non-hydrogen) atoms. The van der Waals surface area contributed by atoms with Gasteiger partial charge in [0.15, 0.2) is 6.61 Å². The Bertz CT molecular complexity index is 955. The molecule has 0 saturated carbocycles. The van der Waals surface area contributed by atoms with Gasteiger partial charge in [-0.1, -0.05) is 30.3 Å². The fourth-order valence-electron chi connectivity index (χ4n) is 3.00. The number of tetrazole rings is 1. The lowest BCUT2D eigenvalue weighted by Crippen LogP contribution is -2.33. The topological polar surface area (TPSA) is 90.2 Å². The zero-order valence-corrected chi connectivity index (χ0v) is 13.8. The third-order valence-corrected chi connectivity index (χ3v) is 4.23. The van der Waals surface area contributed by atoms with Gasteiger partial charge in [-0.25, -0.2) is 4.79 Å². The largest absolute Gasteiger partial charge is 0.452 e. The first-order valence-electron chi connectivity index (χ1n) is 8.12. The van der Waals surface area contributed by atoms with Gasteiger partial charge in [0.05, 0.1) is 11.3 Å². The van der Waals surface area contributed by atoms with Gasteiger partial charge in [-0.15, -0.1) is 5.10 Å². The summed E-state index contributed by atoms with van der Waals surface area (Å²) in [6.45, 7) is 0.272. The maximum Gasteiger partial charge on any atom is 0.340 e. The van der Waals surface area contributed by atoms with Crippen LogP contribution in [0.1, 0.15) is 15.9 Å². The number of carbonyl (C=O) groups is 2. The van der Waals surface area contributed by atoms with Gasteiger partial charge in [-0.2, -0.15) is 4.68 Å². The van der Waals surface area contributed by atoms with Crippen LogP contribution in [0.15, 0.2) is 54.9 Å². The molecule has 0 atom stereocenters. The number of hydrogen-bond donors (Lipinski definition) is 0. The molecule has 130 valence electrons. The van der Waals surface area contributed by atoms with E-state index in [2.05, 4.69) is 15.5 Å². The molecule has 1 amide bonds. The third kappa shape index (κ3) is 2.92. The normalized spacial score (nSPS) is 12.7. The third-order valence-electron chi connectivity index (χ3n) is 4.23. The second-order valence-electron chi connectivity index (χ2n) is 5.77. The molecule has 0 saturated heterocycles. The number of carbonyl (C=O) groups excluding carboxylic acids is 2. The highest BCUT2D eigenvalue weighted by molar-refractivity contribution is 5.99. The SMILES string of the molecule is O=C(OCC(=O)N1CCc2ccccc21)c1ccccc1-n1cnnn1. The highest BCUT2D eigenvalue weighted by Crippen LogP contribution is 2.27. The Morgan fingerprint density at radius 2 is 1.81 bits per heavy atom. The maximum atomic E-state index is 12.5. The zero-order valence-electron chi connectivity index (χ0n) is 13.8. The van der Waals surface area contributed by atoms with Gasteiger partial charge in [0.25, 0.3) is 5.91 Å². The fraction of sp³-hybridized carbons (Fsp3) is 0.167. The lowest BCUT2D eigenvalue weighted by atomic mass is 10.2. The van der Waals surface area contributed by atoms with Crippen molar-refractivity contribution in [1.82, 2.24) is 20.2 Å². The number of rotatable bonds is 4. The molecule has 3 aromatic rings. The van der Waals surface area contributed by atoms with E-state index in [9.17, 15) is 9.59 Å². The zero-order chi connectivity index (χ0) is 17.9. The van der Waals surface area contributed by atoms with Crippen LogP contribution >= 0.6 is 0 Å². The lowest BCUT2D eigenvalue weighted by molar-refractivity contribution is -0.121. The Morgan fingerprint density at radius 3 is 2.62 bits per heavy atom. The maximum absolute atomic E-state index is 12.5. The molecule has 0 fully saturated rings. The fourth-order valence-corrected chi connectivity index (χ4v) is 3.00. The van der Waals surface area contributed by atoms with Gasteiger partial charge in [0, 0.05) is 12.2 Å². The van der Waals surface area contributed by atoms with E-state index >= 15 is 0 Å². The van der Waals surface area contributed by atoms with Gasteiger partial charge in [0.2, 0.25) is 0 Å². The molecule has 0 unspecified atom stereocenters. The number of fused-ring (bicyclic) bond motifs is 1. The first-order valence-corrected chi connectivity index (χ1v) is 8.12. The molecule has 0 N–H and O–H groups in total. The summed E-state index contributed by atoms with van der Waals surface area (Å²) >= 11 is 0. The smallest absolute Gasteiger partial charge is 0.340 e. The molecule has 2 heterocycles. The van der Waals surface area contributed by atoms with Crippen molar-refractivity contribution in [2.45, 2.75) is 6.42 Å². The van der Waals surface area contributed by atoms with Gasteiger partial charge in [0.1, 0.15) is 6.33 Å². The van der Waals surface area contributed by atoms with Crippen LogP contribution in [-0.2, 0) is 16.0 Å². The number of para-hydroxylation sites is 2. The first-order chi connectivity index (χ1) is 12.7. The Labute approximate surface area is 149 Å². The van der Waals surface area contributed by atoms with Crippen LogP contribution in [0, 0.1) is 0 Å². The average molecular weight is 349 g/mol. The molecule has 1 aliphatic heterocycles. The lowest BCUT2D eigenvalue weighted by Gasteiger charge is -2.17. The number of ether oxygens (including phenoxy) is 1. The van der Waals surface area contributed by atoms with E-state index in [1.54, 1.807) is 29.2 Å². The van der Waals surface area contributed by atoms with Crippen LogP contribution < -0.4 is 4.90 Å². The van der Waals surface area contributed by atoms with Crippen LogP contribution in [0.25, 0.3) is 5.69 Å². The summed E-state index contributed by atoms with van der Waals surface area (Å²) in [5.74, 6) is -0.847. The predicted molar refractivity (Wildman–Crippen MR) is 91.9 cm³/mol. The van der Waals surface area contributed by atoms with Crippen molar-refractivity contribution in [3.8, 4) is 5.69 Å². The van der Waals surface area contributed by atoms with Crippen LogP contribution in [0.3, 0.4) is 0 Å². The molecule has 1 aliphatic rings. The van der Waals surface area contributed by atoms with Gasteiger partial charge < -0.3 is 9.64 Å². The average Bonchev–Trinajstić information content (AvgIpc) is 3.35. The minimum absolute atomic E-state index is 0.247. The Morgan fingerprint density at radius 1 is 1.04 bits per heavy atom. The molecule has 4 rings (SSSR count). The van der Waals surface area contributed by atoms with E-state index in [4.69, 9.17) is 4.74 Å². The van der Waals surface area contributed by atoms with Crippen LogP contribution in [0.2, 0.25) is 0 Å². The highest BCUT2D eigenvalue weighted by Gasteiger charge is 2.25. The summed E-state index contributed by atoms with van der Waals surface area (Å²) in [6.07, 6.45) is 2.19. The molecule has 0 radical (unpaired) electrons. The van der Waals surface area contributed by atoms with Crippen LogP contribution in [0.5, 0.6) is 0 Å². The minimum Gasteiger partial charge on any atom is -0.452 e. The number of benzene rings is 2. The van der Waals surface area contributed by atoms with Crippen molar-refractivity contribution < 1.29 is 14.3 Å². The Balaban J connectivity index is 1.46. The number of anilines is 1. The van der Waals surface area contributed by atoms with Crippen molar-refractivity contribution in [3.63, 3.8) is 0 Å². The van der Waals surface area contributed by atoms with Gasteiger partial charge >= 0.3 is 5.97 Å². The van der Waals surface area contributed by atoms with Crippen molar-refractivity contribution in [3.05, 3.63) is 66.0 Å². The number of esters is 1. The molecular weight excluding hydrogens is 334 g/mol.